The molecule has 0 saturated carbocycles. The van der Waals surface area contributed by atoms with Gasteiger partial charge in [0.05, 0.1) is 33.4 Å². The average molecular weight is 913 g/mol. The minimum Gasteiger partial charge on any atom is -0.458 e. The summed E-state index contributed by atoms with van der Waals surface area (Å²) in [7, 11) is 0. The van der Waals surface area contributed by atoms with E-state index in [4.69, 9.17) is 9.72 Å². The van der Waals surface area contributed by atoms with Crippen molar-refractivity contribution >= 4 is 32.8 Å². The van der Waals surface area contributed by atoms with Crippen LogP contribution in [0.5, 0.6) is 11.5 Å². The van der Waals surface area contributed by atoms with Crippen molar-refractivity contribution in [2.75, 3.05) is 0 Å². The maximum atomic E-state index is 7.25. The second kappa shape index (κ2) is 15.9. The monoisotopic (exact) mass is 912 g/mol. The molecule has 0 radical (unpaired) electrons. The van der Waals surface area contributed by atoms with Crippen LogP contribution >= 0.6 is 0 Å². The quantitative estimate of drug-likeness (QED) is 0.118. The van der Waals surface area contributed by atoms with Crippen LogP contribution in [0, 0.1) is 6.33 Å². The van der Waals surface area contributed by atoms with Crippen molar-refractivity contribution < 1.29 is 9.30 Å². The van der Waals surface area contributed by atoms with Gasteiger partial charge in [0.25, 0.3) is 6.33 Å². The number of imidazole rings is 1. The Morgan fingerprint density at radius 3 is 1.76 bits per heavy atom. The van der Waals surface area contributed by atoms with Gasteiger partial charge in [-0.3, -0.25) is 13.7 Å². The molecule has 0 aliphatic heterocycles. The van der Waals surface area contributed by atoms with E-state index in [0.717, 1.165) is 78.4 Å². The molecule has 0 saturated heterocycles. The van der Waals surface area contributed by atoms with Crippen molar-refractivity contribution in [1.82, 2.24) is 14.1 Å². The number of hydrogen-bond donors (Lipinski definition) is 0. The molecule has 12 aromatic rings. The lowest BCUT2D eigenvalue weighted by Crippen LogP contribution is -2.36. The Bertz CT molecular complexity index is 3980. The summed E-state index contributed by atoms with van der Waals surface area (Å²) in [5.41, 5.74) is 20.1. The fourth-order valence-corrected chi connectivity index (χ4v) is 11.8. The SMILES string of the molecule is CC(C)(C)c1ccnc(-n2c3ccccc3c3ccc(Oc4cc5c(c(-[n+]6[c-]n(-c7c(-c8ccccc8)cccc7-c7ccccc7)c7ccccc76)c4)C4c6ccccc6C5c5ccccc54)cc32)c1. The molecular formula is C66H48N4O. The predicted molar refractivity (Wildman–Crippen MR) is 287 cm³/mol. The van der Waals surface area contributed by atoms with Crippen molar-refractivity contribution in [2.45, 2.75) is 38.0 Å². The molecule has 5 nitrogen and oxygen atoms in total. The van der Waals surface area contributed by atoms with Crippen LogP contribution in [0.15, 0.2) is 225 Å². The zero-order valence-corrected chi connectivity index (χ0v) is 39.7. The van der Waals surface area contributed by atoms with Gasteiger partial charge in [-0.25, -0.2) is 4.98 Å². The van der Waals surface area contributed by atoms with E-state index in [0.29, 0.717) is 0 Å². The van der Waals surface area contributed by atoms with Gasteiger partial charge in [0.2, 0.25) is 0 Å². The molecule has 3 heterocycles. The van der Waals surface area contributed by atoms with Crippen LogP contribution in [0.2, 0.25) is 0 Å². The van der Waals surface area contributed by atoms with Gasteiger partial charge in [-0.15, -0.1) is 0 Å². The van der Waals surface area contributed by atoms with Crippen molar-refractivity contribution in [3.8, 4) is 50.9 Å². The Morgan fingerprint density at radius 1 is 0.493 bits per heavy atom. The van der Waals surface area contributed by atoms with Crippen molar-refractivity contribution in [1.29, 1.82) is 0 Å². The Morgan fingerprint density at radius 2 is 1.08 bits per heavy atom. The zero-order valence-electron chi connectivity index (χ0n) is 39.7. The number of hydrogen-bond acceptors (Lipinski definition) is 2. The highest BCUT2D eigenvalue weighted by atomic mass is 16.5. The Balaban J connectivity index is 1.01. The predicted octanol–water partition coefficient (Wildman–Crippen LogP) is 15.6. The number of pyridine rings is 1. The minimum atomic E-state index is -0.0352. The lowest BCUT2D eigenvalue weighted by atomic mass is 9.60. The summed E-state index contributed by atoms with van der Waals surface area (Å²) in [5.74, 6) is 2.44. The van der Waals surface area contributed by atoms with E-state index < -0.39 is 0 Å². The number of aromatic nitrogens is 4. The first kappa shape index (κ1) is 41.2. The second-order valence-electron chi connectivity index (χ2n) is 20.0. The van der Waals surface area contributed by atoms with E-state index in [2.05, 4.69) is 259 Å². The molecule has 3 aromatic heterocycles. The highest BCUT2D eigenvalue weighted by Crippen LogP contribution is 2.57. The normalized spacial score (nSPS) is 14.7. The molecule has 338 valence electrons. The standard InChI is InChI=1S/C66H48N4O/c1-66(2,3)44-35-36-67-61(37-44)70-56-30-15-14-23-49(56)50-34-33-45(39-59(50)70)71-46-38-55-62-51-24-10-12-26-53(51)63(54-27-13-11-25-52(54)62)64(55)60(40-46)68-41-69(58-32-17-16-31-57(58)68)65-47(42-19-6-4-7-20-42)28-18-29-48(65)43-21-8-5-9-22-43/h4-40,62-63H,1-3H3. The molecule has 71 heavy (non-hydrogen) atoms. The average Bonchev–Trinajstić information content (AvgIpc) is 3.97. The first-order valence-corrected chi connectivity index (χ1v) is 24.6. The summed E-state index contributed by atoms with van der Waals surface area (Å²) < 4.78 is 14.1. The van der Waals surface area contributed by atoms with E-state index in [1.807, 2.05) is 6.20 Å². The van der Waals surface area contributed by atoms with Crippen molar-refractivity contribution in [3.05, 3.63) is 270 Å². The highest BCUT2D eigenvalue weighted by molar-refractivity contribution is 6.09. The Kier molecular flexibility index (Phi) is 9.21. The third-order valence-corrected chi connectivity index (χ3v) is 15.0. The number of para-hydroxylation sites is 4. The third kappa shape index (κ3) is 6.46. The minimum absolute atomic E-state index is 0.00867. The largest absolute Gasteiger partial charge is 0.458 e. The lowest BCUT2D eigenvalue weighted by Gasteiger charge is -2.43. The molecule has 0 amide bonds. The molecule has 5 heteroatoms. The third-order valence-electron chi connectivity index (χ3n) is 15.0. The van der Waals surface area contributed by atoms with Crippen LogP contribution in [-0.4, -0.2) is 14.1 Å². The van der Waals surface area contributed by atoms with E-state index in [-0.39, 0.29) is 17.3 Å². The van der Waals surface area contributed by atoms with Crippen LogP contribution in [0.25, 0.3) is 72.3 Å². The summed E-state index contributed by atoms with van der Waals surface area (Å²) >= 11 is 0. The van der Waals surface area contributed by atoms with Gasteiger partial charge in [0.15, 0.2) is 0 Å². The van der Waals surface area contributed by atoms with Crippen LogP contribution in [0.3, 0.4) is 0 Å². The smallest absolute Gasteiger partial charge is 0.269 e. The fraction of sp³-hybridized carbons (Fsp3) is 0.0909. The molecule has 0 fully saturated rings. The second-order valence-corrected chi connectivity index (χ2v) is 20.0. The Labute approximate surface area is 413 Å². The van der Waals surface area contributed by atoms with Crippen molar-refractivity contribution in [2.24, 2.45) is 0 Å². The van der Waals surface area contributed by atoms with Crippen LogP contribution < -0.4 is 9.30 Å². The molecule has 3 aliphatic rings. The van der Waals surface area contributed by atoms with Gasteiger partial charge in [-0.05, 0) is 109 Å². The van der Waals surface area contributed by atoms with E-state index in [1.54, 1.807) is 0 Å². The maximum Gasteiger partial charge on any atom is 0.269 e. The number of benzene rings is 9. The van der Waals surface area contributed by atoms with Gasteiger partial charge < -0.3 is 4.74 Å². The Hall–Kier alpha value is -8.80. The van der Waals surface area contributed by atoms with Gasteiger partial charge in [-0.1, -0.05) is 191 Å². The fourth-order valence-electron chi connectivity index (χ4n) is 11.8. The number of ether oxygens (including phenoxy) is 1. The van der Waals surface area contributed by atoms with Gasteiger partial charge in [0.1, 0.15) is 17.3 Å². The van der Waals surface area contributed by atoms with Gasteiger partial charge >= 0.3 is 0 Å². The molecule has 9 aromatic carbocycles. The summed E-state index contributed by atoms with van der Waals surface area (Å²) in [6.07, 6.45) is 5.97. The van der Waals surface area contributed by atoms with Crippen molar-refractivity contribution in [3.63, 3.8) is 0 Å². The molecule has 0 N–H and O–H groups in total. The van der Waals surface area contributed by atoms with Crippen LogP contribution in [-0.2, 0) is 5.41 Å². The molecule has 0 unspecified atom stereocenters. The molecular weight excluding hydrogens is 865 g/mol. The van der Waals surface area contributed by atoms with E-state index in [9.17, 15) is 0 Å². The zero-order chi connectivity index (χ0) is 47.4. The molecule has 2 bridgehead atoms. The number of fused-ring (bicyclic) bond motifs is 4. The lowest BCUT2D eigenvalue weighted by molar-refractivity contribution is -0.573. The summed E-state index contributed by atoms with van der Waals surface area (Å²) in [6.45, 7) is 6.75. The topological polar surface area (TPSA) is 35.9 Å². The molecule has 0 atom stereocenters. The summed E-state index contributed by atoms with van der Waals surface area (Å²) in [5, 5.41) is 2.32. The summed E-state index contributed by atoms with van der Waals surface area (Å²) in [4.78, 5) is 4.97. The molecule has 0 spiro atoms. The van der Waals surface area contributed by atoms with Crippen LogP contribution in [0.1, 0.15) is 71.6 Å². The van der Waals surface area contributed by atoms with E-state index >= 15 is 0 Å². The number of rotatable bonds is 7. The molecule has 15 rings (SSSR count). The first-order valence-electron chi connectivity index (χ1n) is 24.6. The van der Waals surface area contributed by atoms with E-state index in [1.165, 1.54) is 44.3 Å². The first-order chi connectivity index (χ1) is 34.9. The van der Waals surface area contributed by atoms with Crippen LogP contribution in [0.4, 0.5) is 0 Å². The number of nitrogens with zero attached hydrogens (tertiary/aromatic N) is 4. The summed E-state index contributed by atoms with van der Waals surface area (Å²) in [6, 6.07) is 78.9. The molecule has 3 aliphatic carbocycles. The van der Waals surface area contributed by atoms with Gasteiger partial charge in [-0.2, -0.15) is 0 Å². The van der Waals surface area contributed by atoms with Gasteiger partial charge in [0, 0.05) is 34.9 Å². The maximum absolute atomic E-state index is 7.25. The highest BCUT2D eigenvalue weighted by Gasteiger charge is 2.43.